The summed E-state index contributed by atoms with van der Waals surface area (Å²) in [5.74, 6) is 0.870. The molecule has 1 aromatic carbocycles. The van der Waals surface area contributed by atoms with Crippen LogP contribution in [-0.4, -0.2) is 43.3 Å². The predicted molar refractivity (Wildman–Crippen MR) is 72.1 cm³/mol. The predicted octanol–water partition coefficient (Wildman–Crippen LogP) is 1.51. The summed E-state index contributed by atoms with van der Waals surface area (Å²) < 4.78 is 5.37. The lowest BCUT2D eigenvalue weighted by molar-refractivity contribution is 0.122. The monoisotopic (exact) mass is 244 g/mol. The van der Waals surface area contributed by atoms with E-state index in [0.717, 1.165) is 43.0 Å². The van der Waals surface area contributed by atoms with Crippen LogP contribution in [0.2, 0.25) is 0 Å². The molecule has 1 fully saturated rings. The molecule has 1 aromatic heterocycles. The number of anilines is 2. The lowest BCUT2D eigenvalue weighted by Gasteiger charge is -2.29. The van der Waals surface area contributed by atoms with Crippen LogP contribution in [-0.2, 0) is 4.74 Å². The molecule has 18 heavy (non-hydrogen) atoms. The SMILES string of the molecule is CNc1ncnc2ccc(N3CCOCC3)cc12. The van der Waals surface area contributed by atoms with E-state index in [9.17, 15) is 0 Å². The third-order valence-corrected chi connectivity index (χ3v) is 3.23. The highest BCUT2D eigenvalue weighted by molar-refractivity contribution is 5.91. The summed E-state index contributed by atoms with van der Waals surface area (Å²) in [7, 11) is 1.88. The summed E-state index contributed by atoms with van der Waals surface area (Å²) in [6, 6.07) is 6.30. The number of hydrogen-bond acceptors (Lipinski definition) is 5. The number of benzene rings is 1. The third-order valence-electron chi connectivity index (χ3n) is 3.23. The fourth-order valence-electron chi connectivity index (χ4n) is 2.26. The molecule has 0 bridgehead atoms. The molecule has 0 radical (unpaired) electrons. The van der Waals surface area contributed by atoms with Crippen molar-refractivity contribution >= 4 is 22.4 Å². The number of nitrogens with one attached hydrogen (secondary N) is 1. The van der Waals surface area contributed by atoms with Crippen LogP contribution in [0.15, 0.2) is 24.5 Å². The molecule has 1 saturated heterocycles. The second-order valence-electron chi connectivity index (χ2n) is 4.27. The van der Waals surface area contributed by atoms with Crippen LogP contribution in [0.5, 0.6) is 0 Å². The van der Waals surface area contributed by atoms with Gasteiger partial charge in [-0.2, -0.15) is 0 Å². The molecule has 0 unspecified atom stereocenters. The number of nitrogens with zero attached hydrogens (tertiary/aromatic N) is 3. The lowest BCUT2D eigenvalue weighted by Crippen LogP contribution is -2.36. The first-order chi connectivity index (χ1) is 8.88. The van der Waals surface area contributed by atoms with E-state index in [1.54, 1.807) is 6.33 Å². The van der Waals surface area contributed by atoms with E-state index in [1.165, 1.54) is 5.69 Å². The Kier molecular flexibility index (Phi) is 2.98. The van der Waals surface area contributed by atoms with Crippen molar-refractivity contribution in [2.45, 2.75) is 0 Å². The number of rotatable bonds is 2. The Labute approximate surface area is 106 Å². The van der Waals surface area contributed by atoms with Crippen molar-refractivity contribution in [3.8, 4) is 0 Å². The van der Waals surface area contributed by atoms with Crippen molar-refractivity contribution in [1.29, 1.82) is 0 Å². The third kappa shape index (κ3) is 1.97. The summed E-state index contributed by atoms with van der Waals surface area (Å²) in [5, 5.41) is 4.17. The second-order valence-corrected chi connectivity index (χ2v) is 4.27. The zero-order valence-electron chi connectivity index (χ0n) is 10.4. The van der Waals surface area contributed by atoms with Gasteiger partial charge in [-0.25, -0.2) is 9.97 Å². The van der Waals surface area contributed by atoms with Crippen molar-refractivity contribution < 1.29 is 4.74 Å². The maximum absolute atomic E-state index is 5.37. The van der Waals surface area contributed by atoms with Crippen molar-refractivity contribution in [2.24, 2.45) is 0 Å². The Balaban J connectivity index is 2.03. The smallest absolute Gasteiger partial charge is 0.137 e. The van der Waals surface area contributed by atoms with Crippen LogP contribution >= 0.6 is 0 Å². The van der Waals surface area contributed by atoms with Gasteiger partial charge < -0.3 is 15.0 Å². The van der Waals surface area contributed by atoms with Gasteiger partial charge in [0.15, 0.2) is 0 Å². The van der Waals surface area contributed by atoms with E-state index in [0.29, 0.717) is 0 Å². The van der Waals surface area contributed by atoms with Crippen LogP contribution in [0, 0.1) is 0 Å². The summed E-state index contributed by atoms with van der Waals surface area (Å²) in [4.78, 5) is 10.9. The fraction of sp³-hybridized carbons (Fsp3) is 0.385. The molecular formula is C13H16N4O. The Morgan fingerprint density at radius 2 is 2.06 bits per heavy atom. The Morgan fingerprint density at radius 1 is 1.22 bits per heavy atom. The number of morpholine rings is 1. The van der Waals surface area contributed by atoms with Gasteiger partial charge in [-0.15, -0.1) is 0 Å². The van der Waals surface area contributed by atoms with Gasteiger partial charge in [-0.05, 0) is 18.2 Å². The first-order valence-electron chi connectivity index (χ1n) is 6.14. The number of ether oxygens (including phenoxy) is 1. The van der Waals surface area contributed by atoms with Crippen LogP contribution in [0.1, 0.15) is 0 Å². The highest BCUT2D eigenvalue weighted by atomic mass is 16.5. The zero-order valence-corrected chi connectivity index (χ0v) is 10.4. The Bertz CT molecular complexity index is 552. The van der Waals surface area contributed by atoms with Gasteiger partial charge in [0.25, 0.3) is 0 Å². The summed E-state index contributed by atoms with van der Waals surface area (Å²) in [6.07, 6.45) is 1.59. The van der Waals surface area contributed by atoms with Crippen LogP contribution < -0.4 is 10.2 Å². The van der Waals surface area contributed by atoms with Crippen molar-refractivity contribution in [3.63, 3.8) is 0 Å². The van der Waals surface area contributed by atoms with E-state index in [1.807, 2.05) is 13.1 Å². The highest BCUT2D eigenvalue weighted by Crippen LogP contribution is 2.25. The Hall–Kier alpha value is -1.88. The minimum Gasteiger partial charge on any atom is -0.378 e. The molecule has 3 rings (SSSR count). The minimum absolute atomic E-state index is 0.794. The van der Waals surface area contributed by atoms with Crippen LogP contribution in [0.4, 0.5) is 11.5 Å². The van der Waals surface area contributed by atoms with Gasteiger partial charge >= 0.3 is 0 Å². The average Bonchev–Trinajstić information content (AvgIpc) is 2.47. The maximum atomic E-state index is 5.37. The van der Waals surface area contributed by atoms with Gasteiger partial charge in [-0.1, -0.05) is 0 Å². The number of hydrogen-bond donors (Lipinski definition) is 1. The van der Waals surface area contributed by atoms with E-state index in [2.05, 4.69) is 32.3 Å². The van der Waals surface area contributed by atoms with Gasteiger partial charge in [0.2, 0.25) is 0 Å². The fourth-order valence-corrected chi connectivity index (χ4v) is 2.26. The van der Waals surface area contributed by atoms with Gasteiger partial charge in [0, 0.05) is 31.2 Å². The quantitative estimate of drug-likeness (QED) is 0.867. The van der Waals surface area contributed by atoms with Crippen molar-refractivity contribution in [3.05, 3.63) is 24.5 Å². The Morgan fingerprint density at radius 3 is 2.83 bits per heavy atom. The van der Waals surface area contributed by atoms with Gasteiger partial charge in [0.05, 0.1) is 18.7 Å². The molecule has 0 aliphatic carbocycles. The molecule has 2 heterocycles. The highest BCUT2D eigenvalue weighted by Gasteiger charge is 2.12. The molecule has 94 valence electrons. The number of fused-ring (bicyclic) bond motifs is 1. The van der Waals surface area contributed by atoms with E-state index in [-0.39, 0.29) is 0 Å². The molecule has 1 N–H and O–H groups in total. The molecule has 0 saturated carbocycles. The molecule has 0 spiro atoms. The van der Waals surface area contributed by atoms with Crippen molar-refractivity contribution in [2.75, 3.05) is 43.6 Å². The zero-order chi connectivity index (χ0) is 12.4. The molecule has 1 aliphatic rings. The second kappa shape index (κ2) is 4.78. The average molecular weight is 244 g/mol. The summed E-state index contributed by atoms with van der Waals surface area (Å²) in [5.41, 5.74) is 2.17. The maximum Gasteiger partial charge on any atom is 0.137 e. The molecule has 2 aromatic rings. The largest absolute Gasteiger partial charge is 0.378 e. The lowest BCUT2D eigenvalue weighted by atomic mass is 10.2. The van der Waals surface area contributed by atoms with E-state index in [4.69, 9.17) is 4.74 Å². The van der Waals surface area contributed by atoms with E-state index < -0.39 is 0 Å². The van der Waals surface area contributed by atoms with Crippen molar-refractivity contribution in [1.82, 2.24) is 9.97 Å². The molecule has 5 heteroatoms. The standard InChI is InChI=1S/C13H16N4O/c1-14-13-11-8-10(17-4-6-18-7-5-17)2-3-12(11)15-9-16-13/h2-3,8-9H,4-7H2,1H3,(H,14,15,16). The first kappa shape index (κ1) is 11.2. The molecule has 0 amide bonds. The topological polar surface area (TPSA) is 50.3 Å². The minimum atomic E-state index is 0.794. The van der Waals surface area contributed by atoms with Gasteiger partial charge in [-0.3, -0.25) is 0 Å². The molecule has 5 nitrogen and oxygen atoms in total. The number of aromatic nitrogens is 2. The normalized spacial score (nSPS) is 15.9. The van der Waals surface area contributed by atoms with E-state index >= 15 is 0 Å². The first-order valence-corrected chi connectivity index (χ1v) is 6.14. The summed E-state index contributed by atoms with van der Waals surface area (Å²) >= 11 is 0. The van der Waals surface area contributed by atoms with Crippen LogP contribution in [0.25, 0.3) is 10.9 Å². The molecule has 0 atom stereocenters. The molecule has 1 aliphatic heterocycles. The summed E-state index contributed by atoms with van der Waals surface area (Å²) in [6.45, 7) is 3.46. The molecular weight excluding hydrogens is 228 g/mol. The van der Waals surface area contributed by atoms with Crippen LogP contribution in [0.3, 0.4) is 0 Å². The van der Waals surface area contributed by atoms with Gasteiger partial charge in [0.1, 0.15) is 12.1 Å².